The number of rotatable bonds is 3. The average Bonchev–Trinajstić information content (AvgIpc) is 2.98. The van der Waals surface area contributed by atoms with Crippen LogP contribution in [0, 0.1) is 5.41 Å². The summed E-state index contributed by atoms with van der Waals surface area (Å²) in [6, 6.07) is 1.76. The number of aryl methyl sites for hydroxylation is 1. The molecule has 1 spiro atoms. The van der Waals surface area contributed by atoms with Crippen molar-refractivity contribution in [1.29, 1.82) is 0 Å². The van der Waals surface area contributed by atoms with Gasteiger partial charge in [0, 0.05) is 45.3 Å². The van der Waals surface area contributed by atoms with E-state index in [1.807, 2.05) is 24.1 Å². The van der Waals surface area contributed by atoms with E-state index in [1.54, 1.807) is 23.4 Å². The molecule has 0 bridgehead atoms. The van der Waals surface area contributed by atoms with Gasteiger partial charge in [0.05, 0.1) is 17.4 Å². The summed E-state index contributed by atoms with van der Waals surface area (Å²) in [6.07, 6.45) is 9.07. The smallest absolute Gasteiger partial charge is 0.238 e. The minimum atomic E-state index is -0.254. The number of anilines is 1. The highest BCUT2D eigenvalue weighted by molar-refractivity contribution is 6.03. The van der Waals surface area contributed by atoms with Crippen molar-refractivity contribution in [1.82, 2.24) is 24.4 Å². The molecule has 0 aromatic carbocycles. The summed E-state index contributed by atoms with van der Waals surface area (Å²) >= 11 is 0. The van der Waals surface area contributed by atoms with Gasteiger partial charge in [-0.1, -0.05) is 0 Å². The number of carbonyl (C=O) groups excluding carboxylic acids is 1. The van der Waals surface area contributed by atoms with E-state index in [-0.39, 0.29) is 11.3 Å². The van der Waals surface area contributed by atoms with Gasteiger partial charge in [-0.05, 0) is 25.5 Å². The summed E-state index contributed by atoms with van der Waals surface area (Å²) in [6.45, 7) is 3.40. The zero-order valence-corrected chi connectivity index (χ0v) is 13.2. The summed E-state index contributed by atoms with van der Waals surface area (Å²) in [5.41, 5.74) is 0.924. The number of piperidine rings is 1. The Morgan fingerprint density at radius 2 is 2.09 bits per heavy atom. The summed E-state index contributed by atoms with van der Waals surface area (Å²) in [5, 5.41) is 0. The van der Waals surface area contributed by atoms with E-state index in [2.05, 4.69) is 19.9 Å². The third kappa shape index (κ3) is 2.41. The van der Waals surface area contributed by atoms with E-state index in [0.29, 0.717) is 5.95 Å². The third-order valence-electron chi connectivity index (χ3n) is 4.91. The van der Waals surface area contributed by atoms with Gasteiger partial charge in [0.1, 0.15) is 0 Å². The molecule has 0 N–H and O–H groups in total. The van der Waals surface area contributed by atoms with Crippen molar-refractivity contribution >= 4 is 11.9 Å². The van der Waals surface area contributed by atoms with Crippen molar-refractivity contribution in [3.8, 4) is 0 Å². The Morgan fingerprint density at radius 1 is 1.26 bits per heavy atom. The highest BCUT2D eigenvalue weighted by atomic mass is 16.2. The number of imidazole rings is 1. The molecule has 0 aliphatic carbocycles. The fourth-order valence-electron chi connectivity index (χ4n) is 3.66. The molecule has 2 aliphatic rings. The second kappa shape index (κ2) is 5.42. The second-order valence-electron chi connectivity index (χ2n) is 6.53. The molecule has 0 radical (unpaired) electrons. The lowest BCUT2D eigenvalue weighted by molar-refractivity contribution is -0.139. The van der Waals surface area contributed by atoms with Gasteiger partial charge < -0.3 is 4.57 Å². The van der Waals surface area contributed by atoms with E-state index in [4.69, 9.17) is 0 Å². The van der Waals surface area contributed by atoms with Crippen molar-refractivity contribution < 1.29 is 4.79 Å². The summed E-state index contributed by atoms with van der Waals surface area (Å²) < 4.78 is 2.04. The van der Waals surface area contributed by atoms with Crippen LogP contribution < -0.4 is 4.90 Å². The van der Waals surface area contributed by atoms with Gasteiger partial charge in [0.25, 0.3) is 0 Å². The Bertz CT molecular complexity index is 714. The van der Waals surface area contributed by atoms with E-state index in [0.717, 1.165) is 39.0 Å². The Balaban J connectivity index is 1.46. The van der Waals surface area contributed by atoms with Crippen LogP contribution in [0.1, 0.15) is 18.5 Å². The van der Waals surface area contributed by atoms with Crippen molar-refractivity contribution in [2.24, 2.45) is 12.5 Å². The van der Waals surface area contributed by atoms with Crippen molar-refractivity contribution in [3.05, 3.63) is 36.7 Å². The quantitative estimate of drug-likeness (QED) is 0.786. The topological polar surface area (TPSA) is 67.2 Å². The lowest BCUT2D eigenvalue weighted by Crippen LogP contribution is -2.67. The number of likely N-dealkylation sites (tertiary alicyclic amines) is 1. The van der Waals surface area contributed by atoms with Gasteiger partial charge in [-0.25, -0.2) is 15.0 Å². The summed E-state index contributed by atoms with van der Waals surface area (Å²) in [7, 11) is 2.00. The van der Waals surface area contributed by atoms with Crippen LogP contribution in [0.25, 0.3) is 0 Å². The number of nitrogens with zero attached hydrogens (tertiary/aromatic N) is 6. The number of aromatic nitrogens is 4. The first-order valence-electron chi connectivity index (χ1n) is 7.94. The molecule has 2 aliphatic heterocycles. The van der Waals surface area contributed by atoms with Crippen LogP contribution in [0.15, 0.2) is 31.0 Å². The standard InChI is InChI=1S/C16H20N6O/c1-20-12-17-8-13(20)9-21-7-2-4-16(10-21)11-22(14(16)23)15-18-5-3-6-19-15/h3,5-6,8,12H,2,4,7,9-11H2,1H3/t16-/m0/s1. The van der Waals surface area contributed by atoms with Crippen LogP contribution in [0.3, 0.4) is 0 Å². The van der Waals surface area contributed by atoms with Gasteiger partial charge in [-0.2, -0.15) is 0 Å². The molecule has 2 aromatic heterocycles. The normalized spacial score (nSPS) is 24.9. The van der Waals surface area contributed by atoms with E-state index < -0.39 is 0 Å². The van der Waals surface area contributed by atoms with Gasteiger partial charge >= 0.3 is 0 Å². The molecular weight excluding hydrogens is 292 g/mol. The fourth-order valence-corrected chi connectivity index (χ4v) is 3.66. The molecule has 4 heterocycles. The SMILES string of the molecule is Cn1cncc1CN1CCC[C@]2(C1)CN(c1ncccn1)C2=O. The molecule has 1 atom stereocenters. The van der Waals surface area contributed by atoms with Gasteiger partial charge in [0.2, 0.25) is 11.9 Å². The number of hydrogen-bond acceptors (Lipinski definition) is 5. The molecule has 23 heavy (non-hydrogen) atoms. The molecule has 0 saturated carbocycles. The van der Waals surface area contributed by atoms with E-state index >= 15 is 0 Å². The zero-order valence-electron chi connectivity index (χ0n) is 13.2. The van der Waals surface area contributed by atoms with Crippen LogP contribution >= 0.6 is 0 Å². The maximum absolute atomic E-state index is 12.8. The number of hydrogen-bond donors (Lipinski definition) is 0. The van der Waals surface area contributed by atoms with Gasteiger partial charge in [-0.15, -0.1) is 0 Å². The summed E-state index contributed by atoms with van der Waals surface area (Å²) in [4.78, 5) is 29.4. The molecule has 4 rings (SSSR count). The maximum atomic E-state index is 12.8. The Kier molecular flexibility index (Phi) is 3.37. The van der Waals surface area contributed by atoms with E-state index in [1.165, 1.54) is 5.69 Å². The van der Waals surface area contributed by atoms with Crippen LogP contribution in [-0.2, 0) is 18.4 Å². The largest absolute Gasteiger partial charge is 0.337 e. The highest BCUT2D eigenvalue weighted by Gasteiger charge is 2.55. The van der Waals surface area contributed by atoms with Crippen LogP contribution in [0.5, 0.6) is 0 Å². The predicted octanol–water partition coefficient (Wildman–Crippen LogP) is 0.839. The molecule has 7 nitrogen and oxygen atoms in total. The highest BCUT2D eigenvalue weighted by Crippen LogP contribution is 2.41. The van der Waals surface area contributed by atoms with Crippen molar-refractivity contribution in [2.45, 2.75) is 19.4 Å². The minimum absolute atomic E-state index is 0.165. The lowest BCUT2D eigenvalue weighted by atomic mass is 9.72. The number of β-lactam (4-membered cyclic amide) rings is 1. The fraction of sp³-hybridized carbons (Fsp3) is 0.500. The molecule has 2 saturated heterocycles. The zero-order chi connectivity index (χ0) is 15.9. The molecule has 2 fully saturated rings. The number of amides is 1. The molecule has 1 amide bonds. The number of carbonyl (C=O) groups is 1. The van der Waals surface area contributed by atoms with Gasteiger partial charge in [0.15, 0.2) is 0 Å². The van der Waals surface area contributed by atoms with Crippen molar-refractivity contribution in [3.63, 3.8) is 0 Å². The second-order valence-corrected chi connectivity index (χ2v) is 6.53. The van der Waals surface area contributed by atoms with Crippen LogP contribution in [-0.4, -0.2) is 50.0 Å². The maximum Gasteiger partial charge on any atom is 0.238 e. The first-order valence-corrected chi connectivity index (χ1v) is 7.94. The van der Waals surface area contributed by atoms with Crippen LogP contribution in [0.2, 0.25) is 0 Å². The minimum Gasteiger partial charge on any atom is -0.337 e. The van der Waals surface area contributed by atoms with Crippen LogP contribution in [0.4, 0.5) is 5.95 Å². The molecule has 0 unspecified atom stereocenters. The Hall–Kier alpha value is -2.28. The average molecular weight is 312 g/mol. The Labute approximate surface area is 135 Å². The molecule has 7 heteroatoms. The third-order valence-corrected chi connectivity index (χ3v) is 4.91. The Morgan fingerprint density at radius 3 is 2.78 bits per heavy atom. The van der Waals surface area contributed by atoms with E-state index in [9.17, 15) is 4.79 Å². The molecular formula is C16H20N6O. The lowest BCUT2D eigenvalue weighted by Gasteiger charge is -2.52. The monoisotopic (exact) mass is 312 g/mol. The first-order chi connectivity index (χ1) is 11.2. The molecule has 2 aromatic rings. The van der Waals surface area contributed by atoms with Gasteiger partial charge in [-0.3, -0.25) is 14.6 Å². The van der Waals surface area contributed by atoms with Crippen molar-refractivity contribution in [2.75, 3.05) is 24.5 Å². The molecule has 120 valence electrons. The predicted molar refractivity (Wildman–Crippen MR) is 84.5 cm³/mol. The first kappa shape index (κ1) is 14.3. The summed E-state index contributed by atoms with van der Waals surface area (Å²) in [5.74, 6) is 0.685.